The second kappa shape index (κ2) is 5.17. The van der Waals surface area contributed by atoms with Gasteiger partial charge in [-0.3, -0.25) is 0 Å². The second-order valence-electron chi connectivity index (χ2n) is 5.47. The maximum atomic E-state index is 4.48. The van der Waals surface area contributed by atoms with E-state index in [2.05, 4.69) is 35.7 Å². The summed E-state index contributed by atoms with van der Waals surface area (Å²) in [5, 5.41) is 8.16. The first-order valence-corrected chi connectivity index (χ1v) is 7.15. The summed E-state index contributed by atoms with van der Waals surface area (Å²) in [6, 6.07) is 10.3. The predicted octanol–water partition coefficient (Wildman–Crippen LogP) is 2.95. The predicted molar refractivity (Wildman–Crippen MR) is 77.5 cm³/mol. The molecule has 3 heteroatoms. The number of hydrogen-bond donors (Lipinski definition) is 1. The summed E-state index contributed by atoms with van der Waals surface area (Å²) in [6.45, 7) is 3.43. The molecule has 100 valence electrons. The van der Waals surface area contributed by atoms with Crippen molar-refractivity contribution in [3.8, 4) is 5.69 Å². The van der Waals surface area contributed by atoms with Gasteiger partial charge in [-0.15, -0.1) is 0 Å². The van der Waals surface area contributed by atoms with Crippen molar-refractivity contribution < 1.29 is 0 Å². The molecule has 2 heterocycles. The number of hydrogen-bond acceptors (Lipinski definition) is 2. The van der Waals surface area contributed by atoms with Crippen LogP contribution >= 0.6 is 0 Å². The first kappa shape index (κ1) is 12.4. The lowest BCUT2D eigenvalue weighted by atomic mass is 9.88. The highest BCUT2D eigenvalue weighted by Crippen LogP contribution is 2.27. The number of benzene rings is 1. The molecule has 1 N–H and O–H groups in total. The fourth-order valence-electron chi connectivity index (χ4n) is 3.01. The minimum atomic E-state index is 0.296. The Morgan fingerprint density at radius 2 is 2.16 bits per heavy atom. The lowest BCUT2D eigenvalue weighted by molar-refractivity contribution is 0.360. The van der Waals surface area contributed by atoms with Gasteiger partial charge in [0.15, 0.2) is 0 Å². The Kier molecular flexibility index (Phi) is 3.38. The standard InChI is InChI=1S/C16H21N3/c1-2-16(9-6-10-17-16)11-14-12-18-19(13-14)15-7-4-3-5-8-15/h3-5,7-8,12-13,17H,2,6,9-11H2,1H3. The molecule has 0 amide bonds. The number of aromatic nitrogens is 2. The van der Waals surface area contributed by atoms with Crippen molar-refractivity contribution >= 4 is 0 Å². The summed E-state index contributed by atoms with van der Waals surface area (Å²) in [5.41, 5.74) is 2.74. The van der Waals surface area contributed by atoms with E-state index in [4.69, 9.17) is 0 Å². The van der Waals surface area contributed by atoms with Crippen LogP contribution in [0.3, 0.4) is 0 Å². The fraction of sp³-hybridized carbons (Fsp3) is 0.438. The number of para-hydroxylation sites is 1. The van der Waals surface area contributed by atoms with Crippen LogP contribution in [0.5, 0.6) is 0 Å². The van der Waals surface area contributed by atoms with E-state index in [0.29, 0.717) is 5.54 Å². The van der Waals surface area contributed by atoms with E-state index in [-0.39, 0.29) is 0 Å². The molecule has 0 radical (unpaired) electrons. The van der Waals surface area contributed by atoms with Crippen molar-refractivity contribution in [1.29, 1.82) is 0 Å². The van der Waals surface area contributed by atoms with Gasteiger partial charge < -0.3 is 5.32 Å². The van der Waals surface area contributed by atoms with E-state index >= 15 is 0 Å². The molecule has 19 heavy (non-hydrogen) atoms. The first-order chi connectivity index (χ1) is 9.31. The molecule has 0 saturated carbocycles. The molecule has 0 bridgehead atoms. The van der Waals surface area contributed by atoms with Crippen molar-refractivity contribution in [3.05, 3.63) is 48.3 Å². The van der Waals surface area contributed by atoms with Gasteiger partial charge in [0.25, 0.3) is 0 Å². The number of nitrogens with zero attached hydrogens (tertiary/aromatic N) is 2. The highest BCUT2D eigenvalue weighted by atomic mass is 15.3. The average molecular weight is 255 g/mol. The van der Waals surface area contributed by atoms with Crippen molar-refractivity contribution in [3.63, 3.8) is 0 Å². The molecular formula is C16H21N3. The van der Waals surface area contributed by atoms with E-state index < -0.39 is 0 Å². The number of rotatable bonds is 4. The normalized spacial score (nSPS) is 22.8. The van der Waals surface area contributed by atoms with E-state index in [9.17, 15) is 0 Å². The molecule has 0 spiro atoms. The third-order valence-corrected chi connectivity index (χ3v) is 4.21. The molecule has 0 aliphatic carbocycles. The number of nitrogens with one attached hydrogen (secondary N) is 1. The molecule has 1 aliphatic rings. The van der Waals surface area contributed by atoms with E-state index in [1.165, 1.54) is 24.8 Å². The molecule has 2 aromatic rings. The molecule has 3 rings (SSSR count). The lowest BCUT2D eigenvalue weighted by Crippen LogP contribution is -2.41. The molecule has 1 aromatic carbocycles. The van der Waals surface area contributed by atoms with Crippen LogP contribution in [0.1, 0.15) is 31.7 Å². The highest BCUT2D eigenvalue weighted by Gasteiger charge is 2.31. The van der Waals surface area contributed by atoms with Crippen LogP contribution in [0, 0.1) is 0 Å². The Bertz CT molecular complexity index is 524. The zero-order valence-corrected chi connectivity index (χ0v) is 11.5. The molecular weight excluding hydrogens is 234 g/mol. The quantitative estimate of drug-likeness (QED) is 0.910. The minimum absolute atomic E-state index is 0.296. The van der Waals surface area contributed by atoms with Crippen LogP contribution in [0.4, 0.5) is 0 Å². The monoisotopic (exact) mass is 255 g/mol. The van der Waals surface area contributed by atoms with Crippen LogP contribution < -0.4 is 5.32 Å². The van der Waals surface area contributed by atoms with Gasteiger partial charge >= 0.3 is 0 Å². The van der Waals surface area contributed by atoms with Gasteiger partial charge in [-0.05, 0) is 49.9 Å². The molecule has 1 saturated heterocycles. The van der Waals surface area contributed by atoms with Gasteiger partial charge in [-0.1, -0.05) is 25.1 Å². The zero-order chi connectivity index (χ0) is 13.1. The Labute approximate surface area is 114 Å². The topological polar surface area (TPSA) is 29.9 Å². The van der Waals surface area contributed by atoms with E-state index in [1.54, 1.807) is 0 Å². The summed E-state index contributed by atoms with van der Waals surface area (Å²) in [6.07, 6.45) is 9.00. The molecule has 3 nitrogen and oxygen atoms in total. The van der Waals surface area contributed by atoms with Crippen LogP contribution in [0.25, 0.3) is 5.69 Å². The summed E-state index contributed by atoms with van der Waals surface area (Å²) in [4.78, 5) is 0. The average Bonchev–Trinajstić information content (AvgIpc) is 3.10. The smallest absolute Gasteiger partial charge is 0.0645 e. The summed E-state index contributed by atoms with van der Waals surface area (Å²) < 4.78 is 1.97. The van der Waals surface area contributed by atoms with Gasteiger partial charge in [0.05, 0.1) is 11.9 Å². The van der Waals surface area contributed by atoms with E-state index in [0.717, 1.165) is 18.7 Å². The Morgan fingerprint density at radius 3 is 2.84 bits per heavy atom. The largest absolute Gasteiger partial charge is 0.311 e. The van der Waals surface area contributed by atoms with Gasteiger partial charge in [0, 0.05) is 11.7 Å². The van der Waals surface area contributed by atoms with Gasteiger partial charge in [-0.2, -0.15) is 5.10 Å². The Morgan fingerprint density at radius 1 is 1.32 bits per heavy atom. The third kappa shape index (κ3) is 2.56. The molecule has 1 aromatic heterocycles. The fourth-order valence-corrected chi connectivity index (χ4v) is 3.01. The van der Waals surface area contributed by atoms with Gasteiger partial charge in [0.1, 0.15) is 0 Å². The van der Waals surface area contributed by atoms with Crippen LogP contribution in [-0.2, 0) is 6.42 Å². The lowest BCUT2D eigenvalue weighted by Gasteiger charge is -2.27. The Balaban J connectivity index is 1.78. The first-order valence-electron chi connectivity index (χ1n) is 7.15. The summed E-state index contributed by atoms with van der Waals surface area (Å²) in [7, 11) is 0. The third-order valence-electron chi connectivity index (χ3n) is 4.21. The van der Waals surface area contributed by atoms with Crippen molar-refractivity contribution in [2.24, 2.45) is 0 Å². The van der Waals surface area contributed by atoms with Crippen LogP contribution in [0.2, 0.25) is 0 Å². The Hall–Kier alpha value is -1.61. The SMILES string of the molecule is CCC1(Cc2cnn(-c3ccccc3)c2)CCCN1. The molecule has 1 aliphatic heterocycles. The van der Waals surface area contributed by atoms with Gasteiger partial charge in [0.2, 0.25) is 0 Å². The maximum absolute atomic E-state index is 4.48. The summed E-state index contributed by atoms with van der Waals surface area (Å²) >= 11 is 0. The molecule has 1 atom stereocenters. The second-order valence-corrected chi connectivity index (χ2v) is 5.47. The van der Waals surface area contributed by atoms with E-state index in [1.807, 2.05) is 29.1 Å². The van der Waals surface area contributed by atoms with Crippen LogP contribution in [-0.4, -0.2) is 21.9 Å². The van der Waals surface area contributed by atoms with Crippen molar-refractivity contribution in [1.82, 2.24) is 15.1 Å². The molecule has 1 unspecified atom stereocenters. The zero-order valence-electron chi connectivity index (χ0n) is 11.5. The maximum Gasteiger partial charge on any atom is 0.0645 e. The highest BCUT2D eigenvalue weighted by molar-refractivity contribution is 5.31. The minimum Gasteiger partial charge on any atom is -0.311 e. The van der Waals surface area contributed by atoms with Crippen LogP contribution in [0.15, 0.2) is 42.7 Å². The van der Waals surface area contributed by atoms with Crippen molar-refractivity contribution in [2.75, 3.05) is 6.54 Å². The molecule has 1 fully saturated rings. The summed E-state index contributed by atoms with van der Waals surface area (Å²) in [5.74, 6) is 0. The van der Waals surface area contributed by atoms with Crippen molar-refractivity contribution in [2.45, 2.75) is 38.1 Å². The van der Waals surface area contributed by atoms with Gasteiger partial charge in [-0.25, -0.2) is 4.68 Å².